The van der Waals surface area contributed by atoms with E-state index in [1.54, 1.807) is 19.2 Å². The van der Waals surface area contributed by atoms with E-state index in [4.69, 9.17) is 23.2 Å². The lowest BCUT2D eigenvalue weighted by Gasteiger charge is -2.26. The molecule has 0 aliphatic heterocycles. The van der Waals surface area contributed by atoms with Crippen LogP contribution in [0.25, 0.3) is 0 Å². The first-order chi connectivity index (χ1) is 11.2. The molecule has 0 heterocycles. The number of amides is 1. The van der Waals surface area contributed by atoms with Crippen molar-refractivity contribution >= 4 is 59.0 Å². The number of guanidine groups is 1. The van der Waals surface area contributed by atoms with Gasteiger partial charge < -0.3 is 16.0 Å². The molecule has 0 aromatic heterocycles. The van der Waals surface area contributed by atoms with Crippen LogP contribution in [0.4, 0.5) is 0 Å². The molecule has 142 valence electrons. The fourth-order valence-electron chi connectivity index (χ4n) is 2.11. The number of rotatable bonds is 6. The molecular weight excluding hydrogens is 474 g/mol. The highest BCUT2D eigenvalue weighted by molar-refractivity contribution is 14.0. The molecule has 1 unspecified atom stereocenters. The monoisotopic (exact) mass is 500 g/mol. The molecule has 0 spiro atoms. The maximum absolute atomic E-state index is 12.0. The van der Waals surface area contributed by atoms with E-state index in [1.165, 1.54) is 0 Å². The van der Waals surface area contributed by atoms with E-state index < -0.39 is 5.41 Å². The number of carbonyl (C=O) groups excluding carboxylic acids is 1. The van der Waals surface area contributed by atoms with Crippen LogP contribution in [-0.4, -0.2) is 32.0 Å². The van der Waals surface area contributed by atoms with Crippen molar-refractivity contribution in [3.8, 4) is 0 Å². The van der Waals surface area contributed by atoms with Gasteiger partial charge in [0, 0.05) is 30.2 Å². The van der Waals surface area contributed by atoms with Gasteiger partial charge in [0.25, 0.3) is 0 Å². The summed E-state index contributed by atoms with van der Waals surface area (Å²) in [5, 5.41) is 10.5. The lowest BCUT2D eigenvalue weighted by molar-refractivity contribution is -0.128. The number of aliphatic imine (C=N–C) groups is 1. The third kappa shape index (κ3) is 7.58. The highest BCUT2D eigenvalue weighted by atomic mass is 127. The molecule has 0 aliphatic carbocycles. The van der Waals surface area contributed by atoms with Gasteiger partial charge in [-0.3, -0.25) is 9.79 Å². The maximum Gasteiger partial charge on any atom is 0.227 e. The summed E-state index contributed by atoms with van der Waals surface area (Å²) in [5.41, 5.74) is 0.376. The lowest BCUT2D eigenvalue weighted by Crippen LogP contribution is -2.48. The van der Waals surface area contributed by atoms with Crippen LogP contribution < -0.4 is 16.0 Å². The Morgan fingerprint density at radius 2 is 1.92 bits per heavy atom. The summed E-state index contributed by atoms with van der Waals surface area (Å²) < 4.78 is 0. The van der Waals surface area contributed by atoms with Gasteiger partial charge in [-0.25, -0.2) is 0 Å². The van der Waals surface area contributed by atoms with Crippen molar-refractivity contribution in [1.29, 1.82) is 0 Å². The summed E-state index contributed by atoms with van der Waals surface area (Å²) in [5.74, 6) is 0.604. The van der Waals surface area contributed by atoms with Gasteiger partial charge in [0.05, 0.1) is 11.5 Å². The van der Waals surface area contributed by atoms with E-state index in [-0.39, 0.29) is 35.9 Å². The standard InChI is InChI=1S/C17H26Cl2N4O.HI/c1-6-21-15(24)17(3,4)10-22-16(20-5)23-11(2)13-8-7-12(18)9-14(13)19;/h7-9,11H,6,10H2,1-5H3,(H,21,24)(H2,20,22,23);1H. The molecule has 0 saturated carbocycles. The number of hydrogen-bond donors (Lipinski definition) is 3. The van der Waals surface area contributed by atoms with Gasteiger partial charge in [-0.05, 0) is 45.4 Å². The normalized spacial score (nSPS) is 12.8. The third-order valence-corrected chi connectivity index (χ3v) is 4.22. The maximum atomic E-state index is 12.0. The first kappa shape index (κ1) is 24.3. The molecule has 1 atom stereocenters. The molecule has 1 amide bonds. The van der Waals surface area contributed by atoms with Gasteiger partial charge in [-0.2, -0.15) is 0 Å². The SMILES string of the molecule is CCNC(=O)C(C)(C)CNC(=NC)NC(C)c1ccc(Cl)cc1Cl.I. The summed E-state index contributed by atoms with van der Waals surface area (Å²) in [6.45, 7) is 8.73. The number of benzene rings is 1. The summed E-state index contributed by atoms with van der Waals surface area (Å²) in [6, 6.07) is 5.34. The highest BCUT2D eigenvalue weighted by Crippen LogP contribution is 2.26. The van der Waals surface area contributed by atoms with Gasteiger partial charge in [0.1, 0.15) is 0 Å². The number of nitrogens with zero attached hydrogens (tertiary/aromatic N) is 1. The second-order valence-electron chi connectivity index (χ2n) is 6.20. The van der Waals surface area contributed by atoms with E-state index in [9.17, 15) is 4.79 Å². The molecular formula is C17H27Cl2IN4O. The van der Waals surface area contributed by atoms with Crippen molar-refractivity contribution in [2.75, 3.05) is 20.1 Å². The van der Waals surface area contributed by atoms with Crippen molar-refractivity contribution in [1.82, 2.24) is 16.0 Å². The van der Waals surface area contributed by atoms with Crippen molar-refractivity contribution in [2.24, 2.45) is 10.4 Å². The molecule has 0 fully saturated rings. The molecule has 0 bridgehead atoms. The predicted molar refractivity (Wildman–Crippen MR) is 117 cm³/mol. The minimum Gasteiger partial charge on any atom is -0.356 e. The van der Waals surface area contributed by atoms with Crippen LogP contribution in [0.2, 0.25) is 10.0 Å². The Hall–Kier alpha value is -0.730. The molecule has 8 heteroatoms. The Morgan fingerprint density at radius 1 is 1.28 bits per heavy atom. The molecule has 0 aliphatic rings. The molecule has 3 N–H and O–H groups in total. The first-order valence-corrected chi connectivity index (χ1v) is 8.67. The van der Waals surface area contributed by atoms with E-state index >= 15 is 0 Å². The number of nitrogens with one attached hydrogen (secondary N) is 3. The van der Waals surface area contributed by atoms with Gasteiger partial charge in [0.15, 0.2) is 5.96 Å². The fourth-order valence-corrected chi connectivity index (χ4v) is 2.69. The predicted octanol–water partition coefficient (Wildman–Crippen LogP) is 4.00. The van der Waals surface area contributed by atoms with Crippen LogP contribution in [0.5, 0.6) is 0 Å². The molecule has 1 aromatic rings. The lowest BCUT2D eigenvalue weighted by atomic mass is 9.92. The van der Waals surface area contributed by atoms with Crippen molar-refractivity contribution in [3.63, 3.8) is 0 Å². The average Bonchev–Trinajstić information content (AvgIpc) is 2.51. The zero-order valence-electron chi connectivity index (χ0n) is 15.2. The van der Waals surface area contributed by atoms with E-state index in [2.05, 4.69) is 20.9 Å². The topological polar surface area (TPSA) is 65.5 Å². The molecule has 0 radical (unpaired) electrons. The molecule has 5 nitrogen and oxygen atoms in total. The van der Waals surface area contributed by atoms with Crippen LogP contribution in [0, 0.1) is 5.41 Å². The Kier molecular flexibility index (Phi) is 10.8. The second-order valence-corrected chi connectivity index (χ2v) is 7.04. The molecule has 25 heavy (non-hydrogen) atoms. The Labute approximate surface area is 177 Å². The minimum atomic E-state index is -0.547. The van der Waals surface area contributed by atoms with Gasteiger partial charge in [-0.1, -0.05) is 29.3 Å². The van der Waals surface area contributed by atoms with E-state index in [0.29, 0.717) is 29.1 Å². The van der Waals surface area contributed by atoms with Gasteiger partial charge in [0.2, 0.25) is 5.91 Å². The van der Waals surface area contributed by atoms with Gasteiger partial charge in [-0.15, -0.1) is 24.0 Å². The van der Waals surface area contributed by atoms with Crippen LogP contribution in [0.15, 0.2) is 23.2 Å². The summed E-state index contributed by atoms with van der Waals surface area (Å²) in [7, 11) is 1.69. The van der Waals surface area contributed by atoms with Gasteiger partial charge >= 0.3 is 0 Å². The quantitative estimate of drug-likeness (QED) is 0.314. The largest absolute Gasteiger partial charge is 0.356 e. The first-order valence-electron chi connectivity index (χ1n) is 7.91. The molecule has 1 aromatic carbocycles. The zero-order chi connectivity index (χ0) is 18.3. The zero-order valence-corrected chi connectivity index (χ0v) is 19.1. The van der Waals surface area contributed by atoms with Crippen LogP contribution >= 0.6 is 47.2 Å². The van der Waals surface area contributed by atoms with Crippen molar-refractivity contribution in [3.05, 3.63) is 33.8 Å². The summed E-state index contributed by atoms with van der Waals surface area (Å²) in [6.07, 6.45) is 0. The Balaban J connectivity index is 0.00000576. The van der Waals surface area contributed by atoms with Crippen LogP contribution in [0.3, 0.4) is 0 Å². The Morgan fingerprint density at radius 3 is 2.44 bits per heavy atom. The number of halogens is 3. The minimum absolute atomic E-state index is 0. The molecule has 1 rings (SSSR count). The third-order valence-electron chi connectivity index (χ3n) is 3.66. The second kappa shape index (κ2) is 11.1. The van der Waals surface area contributed by atoms with Crippen molar-refractivity contribution in [2.45, 2.75) is 33.7 Å². The fraction of sp³-hybridized carbons (Fsp3) is 0.529. The highest BCUT2D eigenvalue weighted by Gasteiger charge is 2.27. The smallest absolute Gasteiger partial charge is 0.227 e. The number of carbonyl (C=O) groups is 1. The summed E-state index contributed by atoms with van der Waals surface area (Å²) >= 11 is 12.2. The van der Waals surface area contributed by atoms with Crippen LogP contribution in [-0.2, 0) is 4.79 Å². The van der Waals surface area contributed by atoms with E-state index in [0.717, 1.165) is 5.56 Å². The van der Waals surface area contributed by atoms with Crippen molar-refractivity contribution < 1.29 is 4.79 Å². The summed E-state index contributed by atoms with van der Waals surface area (Å²) in [4.78, 5) is 16.2. The molecule has 0 saturated heterocycles. The van der Waals surface area contributed by atoms with E-state index in [1.807, 2.05) is 33.8 Å². The van der Waals surface area contributed by atoms with Crippen LogP contribution in [0.1, 0.15) is 39.3 Å². The average molecular weight is 501 g/mol. The Bertz CT molecular complexity index is 608. The number of hydrogen-bond acceptors (Lipinski definition) is 2.